The lowest BCUT2D eigenvalue weighted by molar-refractivity contribution is -0.119. The molecule has 16 heavy (non-hydrogen) atoms. The zero-order valence-corrected chi connectivity index (χ0v) is 9.88. The summed E-state index contributed by atoms with van der Waals surface area (Å²) < 4.78 is 0. The smallest absolute Gasteiger partial charge is 0.318 e. The fourth-order valence-electron chi connectivity index (χ4n) is 1.96. The van der Waals surface area contributed by atoms with Crippen LogP contribution in [-0.4, -0.2) is 49.6 Å². The van der Waals surface area contributed by atoms with Crippen LogP contribution in [-0.2, 0) is 4.79 Å². The summed E-state index contributed by atoms with van der Waals surface area (Å²) in [5.74, 6) is -0.388. The molecule has 6 nitrogen and oxygen atoms in total. The first-order valence-corrected chi connectivity index (χ1v) is 5.44. The molecule has 0 aromatic heterocycles. The number of imide groups is 1. The molecular weight excluding hydrogens is 208 g/mol. The van der Waals surface area contributed by atoms with Gasteiger partial charge in [0.1, 0.15) is 0 Å². The van der Waals surface area contributed by atoms with Gasteiger partial charge in [-0.25, -0.2) is 4.79 Å². The lowest BCUT2D eigenvalue weighted by atomic mass is 9.75. The van der Waals surface area contributed by atoms with Gasteiger partial charge >= 0.3 is 6.03 Å². The van der Waals surface area contributed by atoms with Crippen LogP contribution in [0.4, 0.5) is 4.79 Å². The fourth-order valence-corrected chi connectivity index (χ4v) is 1.96. The molecule has 0 atom stereocenters. The van der Waals surface area contributed by atoms with Crippen LogP contribution in [0.2, 0.25) is 0 Å². The number of nitrogens with zero attached hydrogens (tertiary/aromatic N) is 1. The summed E-state index contributed by atoms with van der Waals surface area (Å²) in [7, 11) is 4.09. The second kappa shape index (κ2) is 5.27. The quantitative estimate of drug-likeness (QED) is 0.578. The van der Waals surface area contributed by atoms with Gasteiger partial charge < -0.3 is 16.0 Å². The molecule has 1 fully saturated rings. The van der Waals surface area contributed by atoms with E-state index in [4.69, 9.17) is 5.73 Å². The van der Waals surface area contributed by atoms with Crippen molar-refractivity contribution in [2.45, 2.75) is 24.8 Å². The minimum Gasteiger partial charge on any atom is -0.351 e. The van der Waals surface area contributed by atoms with Crippen molar-refractivity contribution in [1.82, 2.24) is 15.5 Å². The van der Waals surface area contributed by atoms with Crippen LogP contribution >= 0.6 is 0 Å². The van der Waals surface area contributed by atoms with E-state index in [1.165, 1.54) is 6.42 Å². The predicted molar refractivity (Wildman–Crippen MR) is 60.9 cm³/mol. The molecule has 92 valence electrons. The highest BCUT2D eigenvalue weighted by Crippen LogP contribution is 2.35. The third kappa shape index (κ3) is 3.18. The van der Waals surface area contributed by atoms with E-state index in [-0.39, 0.29) is 18.0 Å². The van der Waals surface area contributed by atoms with Crippen molar-refractivity contribution in [2.24, 2.45) is 5.73 Å². The lowest BCUT2D eigenvalue weighted by Gasteiger charge is -2.47. The molecule has 1 aliphatic carbocycles. The highest BCUT2D eigenvalue weighted by molar-refractivity contribution is 5.94. The summed E-state index contributed by atoms with van der Waals surface area (Å²) in [6, 6.07) is -0.808. The summed E-state index contributed by atoms with van der Waals surface area (Å²) in [5.41, 5.74) is 5.00. The fraction of sp³-hybridized carbons (Fsp3) is 0.800. The molecule has 0 spiro atoms. The van der Waals surface area contributed by atoms with E-state index in [2.05, 4.69) is 10.2 Å². The number of amides is 3. The zero-order valence-electron chi connectivity index (χ0n) is 9.88. The maximum atomic E-state index is 11.1. The standard InChI is InChI=1S/C10H20N4O2/c1-14(2)10(4-3-5-10)7-12-6-8(15)13-9(11)16/h12H,3-7H2,1-2H3,(H3,11,13,15,16). The number of hydrogen-bond acceptors (Lipinski definition) is 4. The van der Waals surface area contributed by atoms with Gasteiger partial charge in [0, 0.05) is 12.1 Å². The number of likely N-dealkylation sites (N-methyl/N-ethyl adjacent to an activating group) is 1. The van der Waals surface area contributed by atoms with Gasteiger partial charge in [-0.15, -0.1) is 0 Å². The van der Waals surface area contributed by atoms with Crippen LogP contribution in [0.5, 0.6) is 0 Å². The molecule has 1 aliphatic rings. The molecule has 0 bridgehead atoms. The lowest BCUT2D eigenvalue weighted by Crippen LogP contribution is -2.57. The Kier molecular flexibility index (Phi) is 4.26. The number of primary amides is 1. The molecule has 0 heterocycles. The molecule has 4 N–H and O–H groups in total. The first-order chi connectivity index (χ1) is 7.46. The Labute approximate surface area is 95.5 Å². The number of hydrogen-bond donors (Lipinski definition) is 3. The third-order valence-corrected chi connectivity index (χ3v) is 3.24. The Morgan fingerprint density at radius 1 is 1.38 bits per heavy atom. The van der Waals surface area contributed by atoms with Crippen molar-refractivity contribution in [3.8, 4) is 0 Å². The number of carbonyl (C=O) groups is 2. The molecule has 0 unspecified atom stereocenters. The second-order valence-corrected chi connectivity index (χ2v) is 4.49. The molecule has 6 heteroatoms. The number of nitrogens with two attached hydrogens (primary N) is 1. The highest BCUT2D eigenvalue weighted by atomic mass is 16.2. The number of rotatable bonds is 5. The van der Waals surface area contributed by atoms with Gasteiger partial charge in [0.2, 0.25) is 5.91 Å². The largest absolute Gasteiger partial charge is 0.351 e. The van der Waals surface area contributed by atoms with Gasteiger partial charge in [0.25, 0.3) is 0 Å². The molecule has 0 aromatic rings. The van der Waals surface area contributed by atoms with Crippen molar-refractivity contribution >= 4 is 11.9 Å². The van der Waals surface area contributed by atoms with Gasteiger partial charge in [0.15, 0.2) is 0 Å². The monoisotopic (exact) mass is 228 g/mol. The van der Waals surface area contributed by atoms with Gasteiger partial charge in [0.05, 0.1) is 6.54 Å². The molecule has 0 aromatic carbocycles. The SMILES string of the molecule is CN(C)C1(CNCC(=O)NC(N)=O)CCC1. The van der Waals surface area contributed by atoms with Crippen LogP contribution < -0.4 is 16.4 Å². The molecule has 0 aliphatic heterocycles. The van der Waals surface area contributed by atoms with Gasteiger partial charge in [-0.1, -0.05) is 0 Å². The van der Waals surface area contributed by atoms with Crippen molar-refractivity contribution < 1.29 is 9.59 Å². The van der Waals surface area contributed by atoms with Gasteiger partial charge in [-0.05, 0) is 33.4 Å². The van der Waals surface area contributed by atoms with Crippen LogP contribution in [0.1, 0.15) is 19.3 Å². The van der Waals surface area contributed by atoms with Crippen LogP contribution in [0.3, 0.4) is 0 Å². The minimum atomic E-state index is -0.808. The average Bonchev–Trinajstić information content (AvgIpc) is 2.07. The van der Waals surface area contributed by atoms with Crippen molar-refractivity contribution in [3.05, 3.63) is 0 Å². The minimum absolute atomic E-state index is 0.124. The molecule has 0 saturated heterocycles. The third-order valence-electron chi connectivity index (χ3n) is 3.24. The van der Waals surface area contributed by atoms with E-state index in [1.807, 2.05) is 19.4 Å². The summed E-state index contributed by atoms with van der Waals surface area (Å²) in [6.45, 7) is 0.880. The predicted octanol–water partition coefficient (Wildman–Crippen LogP) is -0.745. The first-order valence-electron chi connectivity index (χ1n) is 5.44. The maximum absolute atomic E-state index is 11.1. The Balaban J connectivity index is 2.24. The Hall–Kier alpha value is -1.14. The molecular formula is C10H20N4O2. The van der Waals surface area contributed by atoms with Crippen LogP contribution in [0.25, 0.3) is 0 Å². The highest BCUT2D eigenvalue weighted by Gasteiger charge is 2.38. The number of urea groups is 1. The van der Waals surface area contributed by atoms with Gasteiger partial charge in [-0.2, -0.15) is 0 Å². The number of carbonyl (C=O) groups excluding carboxylic acids is 2. The second-order valence-electron chi connectivity index (χ2n) is 4.49. The molecule has 1 rings (SSSR count). The summed E-state index contributed by atoms with van der Waals surface area (Å²) in [4.78, 5) is 23.7. The Morgan fingerprint density at radius 3 is 2.38 bits per heavy atom. The van der Waals surface area contributed by atoms with E-state index < -0.39 is 6.03 Å². The molecule has 3 amide bonds. The van der Waals surface area contributed by atoms with E-state index in [1.54, 1.807) is 0 Å². The van der Waals surface area contributed by atoms with Gasteiger partial charge in [-0.3, -0.25) is 10.1 Å². The zero-order chi connectivity index (χ0) is 12.2. The van der Waals surface area contributed by atoms with Crippen LogP contribution in [0, 0.1) is 0 Å². The van der Waals surface area contributed by atoms with E-state index in [0.29, 0.717) is 0 Å². The Bertz CT molecular complexity index is 274. The van der Waals surface area contributed by atoms with E-state index >= 15 is 0 Å². The number of nitrogens with one attached hydrogen (secondary N) is 2. The van der Waals surface area contributed by atoms with Crippen LogP contribution in [0.15, 0.2) is 0 Å². The normalized spacial score (nSPS) is 17.9. The molecule has 1 saturated carbocycles. The summed E-state index contributed by atoms with van der Waals surface area (Å²) in [5, 5.41) is 5.07. The average molecular weight is 228 g/mol. The first kappa shape index (κ1) is 12.9. The van der Waals surface area contributed by atoms with E-state index in [9.17, 15) is 9.59 Å². The molecule has 0 radical (unpaired) electrons. The topological polar surface area (TPSA) is 87.5 Å². The van der Waals surface area contributed by atoms with Crippen molar-refractivity contribution in [3.63, 3.8) is 0 Å². The van der Waals surface area contributed by atoms with Crippen molar-refractivity contribution in [1.29, 1.82) is 0 Å². The Morgan fingerprint density at radius 2 is 2.00 bits per heavy atom. The summed E-state index contributed by atoms with van der Waals surface area (Å²) >= 11 is 0. The van der Waals surface area contributed by atoms with E-state index in [0.717, 1.165) is 19.4 Å². The van der Waals surface area contributed by atoms with Crippen molar-refractivity contribution in [2.75, 3.05) is 27.2 Å². The maximum Gasteiger partial charge on any atom is 0.318 e. The summed E-state index contributed by atoms with van der Waals surface area (Å²) in [6.07, 6.45) is 3.52.